The summed E-state index contributed by atoms with van der Waals surface area (Å²) in [7, 11) is 0. The molecule has 1 fully saturated rings. The predicted molar refractivity (Wildman–Crippen MR) is 57.2 cm³/mol. The molecule has 3 N–H and O–H groups in total. The number of anilines is 1. The van der Waals surface area contributed by atoms with Gasteiger partial charge in [-0.15, -0.1) is 0 Å². The minimum atomic E-state index is 0.0615. The molecule has 0 atom stereocenters. The van der Waals surface area contributed by atoms with Crippen molar-refractivity contribution in [1.82, 2.24) is 9.88 Å². The summed E-state index contributed by atoms with van der Waals surface area (Å²) in [5, 5.41) is 0. The number of amides is 1. The molecule has 1 aliphatic heterocycles. The van der Waals surface area contributed by atoms with E-state index < -0.39 is 0 Å². The summed E-state index contributed by atoms with van der Waals surface area (Å²) in [4.78, 5) is 17.8. The standard InChI is InChI=1S/C10H14N4O/c11-13-9-7-8(3-4-12-9)10(15)14-5-1-2-6-14/h3-4,7H,1-2,5-6,11H2,(H,12,13). The van der Waals surface area contributed by atoms with Gasteiger partial charge in [0.25, 0.3) is 5.91 Å². The van der Waals surface area contributed by atoms with E-state index in [1.54, 1.807) is 18.3 Å². The number of hydrazine groups is 1. The Labute approximate surface area is 88.3 Å². The first-order valence-electron chi connectivity index (χ1n) is 5.03. The third kappa shape index (κ3) is 2.07. The van der Waals surface area contributed by atoms with Crippen LogP contribution in [0.3, 0.4) is 0 Å². The molecule has 1 aromatic heterocycles. The normalized spacial score (nSPS) is 15.4. The molecule has 1 amide bonds. The Balaban J connectivity index is 2.17. The molecule has 1 aliphatic rings. The van der Waals surface area contributed by atoms with E-state index in [4.69, 9.17) is 5.84 Å². The van der Waals surface area contributed by atoms with E-state index in [0.29, 0.717) is 11.4 Å². The zero-order valence-electron chi connectivity index (χ0n) is 8.44. The van der Waals surface area contributed by atoms with E-state index in [-0.39, 0.29) is 5.91 Å². The molecule has 0 aromatic carbocycles. The van der Waals surface area contributed by atoms with Crippen molar-refractivity contribution in [2.45, 2.75) is 12.8 Å². The monoisotopic (exact) mass is 206 g/mol. The molecule has 2 heterocycles. The summed E-state index contributed by atoms with van der Waals surface area (Å²) in [5.41, 5.74) is 3.07. The fourth-order valence-corrected chi connectivity index (χ4v) is 1.75. The summed E-state index contributed by atoms with van der Waals surface area (Å²) < 4.78 is 0. The van der Waals surface area contributed by atoms with E-state index in [1.165, 1.54) is 0 Å². The molecule has 1 saturated heterocycles. The molecular weight excluding hydrogens is 192 g/mol. The SMILES string of the molecule is NNc1cc(C(=O)N2CCCC2)ccn1. The lowest BCUT2D eigenvalue weighted by Gasteiger charge is -2.15. The summed E-state index contributed by atoms with van der Waals surface area (Å²) in [5.74, 6) is 5.81. The zero-order chi connectivity index (χ0) is 10.7. The highest BCUT2D eigenvalue weighted by Crippen LogP contribution is 2.14. The molecule has 0 spiro atoms. The fourth-order valence-electron chi connectivity index (χ4n) is 1.75. The van der Waals surface area contributed by atoms with Gasteiger partial charge in [0.15, 0.2) is 0 Å². The lowest BCUT2D eigenvalue weighted by atomic mass is 10.2. The minimum absolute atomic E-state index is 0.0615. The van der Waals surface area contributed by atoms with Crippen LogP contribution in [0.5, 0.6) is 0 Å². The number of likely N-dealkylation sites (tertiary alicyclic amines) is 1. The van der Waals surface area contributed by atoms with Gasteiger partial charge in [-0.1, -0.05) is 0 Å². The van der Waals surface area contributed by atoms with Crippen molar-refractivity contribution >= 4 is 11.7 Å². The molecule has 0 aliphatic carbocycles. The van der Waals surface area contributed by atoms with Crippen molar-refractivity contribution in [3.8, 4) is 0 Å². The average molecular weight is 206 g/mol. The number of carbonyl (C=O) groups excluding carboxylic acids is 1. The van der Waals surface area contributed by atoms with E-state index in [2.05, 4.69) is 10.4 Å². The summed E-state index contributed by atoms with van der Waals surface area (Å²) in [6.45, 7) is 1.71. The first-order chi connectivity index (χ1) is 7.31. The first kappa shape index (κ1) is 9.92. The molecule has 80 valence electrons. The smallest absolute Gasteiger partial charge is 0.254 e. The van der Waals surface area contributed by atoms with E-state index in [9.17, 15) is 4.79 Å². The van der Waals surface area contributed by atoms with Crippen LogP contribution >= 0.6 is 0 Å². The van der Waals surface area contributed by atoms with E-state index in [1.807, 2.05) is 4.90 Å². The maximum atomic E-state index is 11.9. The number of nitrogens with zero attached hydrogens (tertiary/aromatic N) is 2. The third-order valence-electron chi connectivity index (χ3n) is 2.55. The van der Waals surface area contributed by atoms with Crippen molar-refractivity contribution in [2.75, 3.05) is 18.5 Å². The topological polar surface area (TPSA) is 71.2 Å². The second-order valence-electron chi connectivity index (χ2n) is 3.57. The van der Waals surface area contributed by atoms with Crippen molar-refractivity contribution < 1.29 is 4.79 Å². The van der Waals surface area contributed by atoms with Crippen molar-refractivity contribution in [3.63, 3.8) is 0 Å². The van der Waals surface area contributed by atoms with E-state index >= 15 is 0 Å². The van der Waals surface area contributed by atoms with Crippen molar-refractivity contribution in [3.05, 3.63) is 23.9 Å². The van der Waals surface area contributed by atoms with Gasteiger partial charge in [-0.2, -0.15) is 0 Å². The van der Waals surface area contributed by atoms with Gasteiger partial charge in [0.1, 0.15) is 5.82 Å². The summed E-state index contributed by atoms with van der Waals surface area (Å²) >= 11 is 0. The Hall–Kier alpha value is -1.62. The highest BCUT2D eigenvalue weighted by atomic mass is 16.2. The highest BCUT2D eigenvalue weighted by molar-refractivity contribution is 5.94. The molecular formula is C10H14N4O. The lowest BCUT2D eigenvalue weighted by Crippen LogP contribution is -2.27. The van der Waals surface area contributed by atoms with Gasteiger partial charge < -0.3 is 10.3 Å². The van der Waals surface area contributed by atoms with Crippen LogP contribution in [0.4, 0.5) is 5.82 Å². The van der Waals surface area contributed by atoms with Crippen LogP contribution in [0.1, 0.15) is 23.2 Å². The lowest BCUT2D eigenvalue weighted by molar-refractivity contribution is 0.0793. The van der Waals surface area contributed by atoms with Gasteiger partial charge in [0.2, 0.25) is 0 Å². The van der Waals surface area contributed by atoms with Gasteiger partial charge >= 0.3 is 0 Å². The second-order valence-corrected chi connectivity index (χ2v) is 3.57. The maximum absolute atomic E-state index is 11.9. The fraction of sp³-hybridized carbons (Fsp3) is 0.400. The summed E-state index contributed by atoms with van der Waals surface area (Å²) in [6.07, 6.45) is 3.77. The minimum Gasteiger partial charge on any atom is -0.339 e. The Morgan fingerprint density at radius 2 is 2.20 bits per heavy atom. The van der Waals surface area contributed by atoms with Crippen molar-refractivity contribution in [1.29, 1.82) is 0 Å². The predicted octanol–water partition coefficient (Wildman–Crippen LogP) is 0.603. The quantitative estimate of drug-likeness (QED) is 0.549. The number of rotatable bonds is 2. The Kier molecular flexibility index (Phi) is 2.82. The number of nitrogens with one attached hydrogen (secondary N) is 1. The highest BCUT2D eigenvalue weighted by Gasteiger charge is 2.19. The third-order valence-corrected chi connectivity index (χ3v) is 2.55. The number of pyridine rings is 1. The van der Waals surface area contributed by atoms with Crippen LogP contribution < -0.4 is 11.3 Å². The van der Waals surface area contributed by atoms with Crippen LogP contribution in [0.15, 0.2) is 18.3 Å². The Bertz CT molecular complexity index is 360. The van der Waals surface area contributed by atoms with E-state index in [0.717, 1.165) is 25.9 Å². The largest absolute Gasteiger partial charge is 0.339 e. The maximum Gasteiger partial charge on any atom is 0.254 e. The van der Waals surface area contributed by atoms with Gasteiger partial charge in [-0.05, 0) is 25.0 Å². The second kappa shape index (κ2) is 4.27. The molecule has 15 heavy (non-hydrogen) atoms. The number of carbonyl (C=O) groups is 1. The molecule has 0 saturated carbocycles. The van der Waals surface area contributed by atoms with Crippen LogP contribution in [0.2, 0.25) is 0 Å². The van der Waals surface area contributed by atoms with Crippen LogP contribution in [0, 0.1) is 0 Å². The molecule has 5 nitrogen and oxygen atoms in total. The molecule has 1 aromatic rings. The van der Waals surface area contributed by atoms with Gasteiger partial charge in [-0.3, -0.25) is 4.79 Å². The number of hydrogen-bond donors (Lipinski definition) is 2. The van der Waals surface area contributed by atoms with Crippen LogP contribution in [-0.4, -0.2) is 28.9 Å². The molecule has 0 bridgehead atoms. The zero-order valence-corrected chi connectivity index (χ0v) is 8.44. The van der Waals surface area contributed by atoms with Gasteiger partial charge in [0, 0.05) is 24.8 Å². The number of nitrogen functional groups attached to an aromatic ring is 1. The molecule has 0 unspecified atom stereocenters. The molecule has 5 heteroatoms. The van der Waals surface area contributed by atoms with Gasteiger partial charge in [0.05, 0.1) is 0 Å². The van der Waals surface area contributed by atoms with Crippen molar-refractivity contribution in [2.24, 2.45) is 5.84 Å². The number of hydrogen-bond acceptors (Lipinski definition) is 4. The Morgan fingerprint density at radius 1 is 1.47 bits per heavy atom. The molecule has 0 radical (unpaired) electrons. The average Bonchev–Trinajstić information content (AvgIpc) is 2.81. The van der Waals surface area contributed by atoms with Crippen LogP contribution in [0.25, 0.3) is 0 Å². The Morgan fingerprint density at radius 3 is 2.87 bits per heavy atom. The number of nitrogens with two attached hydrogens (primary N) is 1. The molecule has 2 rings (SSSR count). The summed E-state index contributed by atoms with van der Waals surface area (Å²) in [6, 6.07) is 3.38. The van der Waals surface area contributed by atoms with Gasteiger partial charge in [-0.25, -0.2) is 10.8 Å². The van der Waals surface area contributed by atoms with Crippen LogP contribution in [-0.2, 0) is 0 Å². The number of aromatic nitrogens is 1. The first-order valence-corrected chi connectivity index (χ1v) is 5.03.